The Morgan fingerprint density at radius 1 is 1.59 bits per heavy atom. The van der Waals surface area contributed by atoms with E-state index in [0.717, 1.165) is 0 Å². The Kier molecular flexibility index (Phi) is 3.26. The molecule has 0 radical (unpaired) electrons. The summed E-state index contributed by atoms with van der Waals surface area (Å²) in [5, 5.41) is 9.02. The van der Waals surface area contributed by atoms with Crippen LogP contribution in [0.2, 0.25) is 0 Å². The molecule has 0 amide bonds. The first kappa shape index (κ1) is 11.8. The van der Waals surface area contributed by atoms with Crippen molar-refractivity contribution in [2.24, 2.45) is 0 Å². The maximum absolute atomic E-state index is 11.6. The minimum Gasteiger partial charge on any atom is -0.394 e. The molecule has 0 aliphatic carbocycles. The van der Waals surface area contributed by atoms with Gasteiger partial charge in [0.1, 0.15) is 0 Å². The fraction of sp³-hybridized carbons (Fsp3) is 0.455. The number of nitrogens with zero attached hydrogens (tertiary/aromatic N) is 1. The number of nitrogens with one attached hydrogen (secondary N) is 1. The van der Waals surface area contributed by atoms with Crippen molar-refractivity contribution in [3.63, 3.8) is 0 Å². The van der Waals surface area contributed by atoms with Gasteiger partial charge in [-0.3, -0.25) is 14.3 Å². The van der Waals surface area contributed by atoms with Gasteiger partial charge in [0.25, 0.3) is 5.56 Å². The van der Waals surface area contributed by atoms with Crippen LogP contribution in [0.5, 0.6) is 0 Å². The molecule has 1 aliphatic rings. The number of aliphatic hydroxyl groups excluding tert-OH is 1. The quantitative estimate of drug-likeness (QED) is 0.692. The van der Waals surface area contributed by atoms with E-state index in [1.54, 1.807) is 13.0 Å². The van der Waals surface area contributed by atoms with Crippen LogP contribution in [-0.2, 0) is 4.74 Å². The van der Waals surface area contributed by atoms with E-state index >= 15 is 0 Å². The average Bonchev–Trinajstić information content (AvgIpc) is 2.34. The van der Waals surface area contributed by atoms with E-state index in [2.05, 4.69) is 4.98 Å². The zero-order valence-electron chi connectivity index (χ0n) is 9.42. The van der Waals surface area contributed by atoms with Crippen LogP contribution in [0.1, 0.15) is 18.2 Å². The first-order chi connectivity index (χ1) is 8.11. The fourth-order valence-corrected chi connectivity index (χ4v) is 1.70. The maximum atomic E-state index is 11.6. The number of ether oxygens (including phenoxy) is 1. The number of hydrogen-bond acceptors (Lipinski definition) is 4. The van der Waals surface area contributed by atoms with Gasteiger partial charge in [0.15, 0.2) is 6.23 Å². The lowest BCUT2D eigenvalue weighted by Crippen LogP contribution is -2.36. The summed E-state index contributed by atoms with van der Waals surface area (Å²) in [6.45, 7) is 1.52. The molecule has 2 atom stereocenters. The molecule has 0 spiro atoms. The van der Waals surface area contributed by atoms with Crippen LogP contribution in [0.3, 0.4) is 0 Å². The number of aromatic amines is 1. The summed E-state index contributed by atoms with van der Waals surface area (Å²) >= 11 is 0. The topological polar surface area (TPSA) is 84.3 Å². The smallest absolute Gasteiger partial charge is 0.330 e. The molecule has 0 aromatic carbocycles. The van der Waals surface area contributed by atoms with Crippen molar-refractivity contribution in [1.29, 1.82) is 0 Å². The third-order valence-corrected chi connectivity index (χ3v) is 2.66. The molecule has 0 unspecified atom stereocenters. The second-order valence-electron chi connectivity index (χ2n) is 3.97. The molecule has 6 heteroatoms. The molecule has 92 valence electrons. The molecule has 0 saturated carbocycles. The van der Waals surface area contributed by atoms with Gasteiger partial charge in [0, 0.05) is 11.8 Å². The van der Waals surface area contributed by atoms with E-state index in [1.165, 1.54) is 10.8 Å². The van der Waals surface area contributed by atoms with E-state index in [4.69, 9.17) is 9.84 Å². The molecule has 2 heterocycles. The molecule has 0 bridgehead atoms. The van der Waals surface area contributed by atoms with Crippen LogP contribution in [0.4, 0.5) is 0 Å². The highest BCUT2D eigenvalue weighted by Gasteiger charge is 2.19. The van der Waals surface area contributed by atoms with Crippen molar-refractivity contribution < 1.29 is 9.84 Å². The van der Waals surface area contributed by atoms with Crippen molar-refractivity contribution in [3.05, 3.63) is 44.8 Å². The van der Waals surface area contributed by atoms with Crippen molar-refractivity contribution >= 4 is 0 Å². The summed E-state index contributed by atoms with van der Waals surface area (Å²) in [5.74, 6) is 0. The van der Waals surface area contributed by atoms with Crippen LogP contribution >= 0.6 is 0 Å². The summed E-state index contributed by atoms with van der Waals surface area (Å²) in [5.41, 5.74) is -0.480. The van der Waals surface area contributed by atoms with Gasteiger partial charge in [-0.05, 0) is 19.4 Å². The third kappa shape index (κ3) is 2.37. The number of aliphatic hydroxyl groups is 1. The van der Waals surface area contributed by atoms with Gasteiger partial charge in [-0.2, -0.15) is 0 Å². The van der Waals surface area contributed by atoms with E-state index < -0.39 is 17.5 Å². The van der Waals surface area contributed by atoms with Crippen molar-refractivity contribution in [2.75, 3.05) is 6.61 Å². The van der Waals surface area contributed by atoms with Crippen molar-refractivity contribution in [3.8, 4) is 0 Å². The minimum atomic E-state index is -0.580. The molecular formula is C11H14N2O4. The Bertz CT molecular complexity index is 543. The summed E-state index contributed by atoms with van der Waals surface area (Å²) in [7, 11) is 0. The Balaban J connectivity index is 2.38. The zero-order valence-corrected chi connectivity index (χ0v) is 9.42. The molecule has 1 aromatic heterocycles. The molecular weight excluding hydrogens is 224 g/mol. The summed E-state index contributed by atoms with van der Waals surface area (Å²) in [6.07, 6.45) is 4.75. The Morgan fingerprint density at radius 3 is 3.06 bits per heavy atom. The van der Waals surface area contributed by atoms with Crippen LogP contribution in [0.25, 0.3) is 0 Å². The van der Waals surface area contributed by atoms with E-state index in [1.807, 2.05) is 6.08 Å². The summed E-state index contributed by atoms with van der Waals surface area (Å²) in [4.78, 5) is 25.1. The van der Waals surface area contributed by atoms with Crippen LogP contribution in [-0.4, -0.2) is 27.4 Å². The summed E-state index contributed by atoms with van der Waals surface area (Å²) < 4.78 is 6.80. The molecule has 1 aromatic rings. The van der Waals surface area contributed by atoms with E-state index in [9.17, 15) is 9.59 Å². The van der Waals surface area contributed by atoms with Crippen LogP contribution in [0.15, 0.2) is 27.9 Å². The summed E-state index contributed by atoms with van der Waals surface area (Å²) in [6, 6.07) is 0. The third-order valence-electron chi connectivity index (χ3n) is 2.66. The van der Waals surface area contributed by atoms with Gasteiger partial charge in [-0.25, -0.2) is 4.79 Å². The van der Waals surface area contributed by atoms with Gasteiger partial charge in [0.2, 0.25) is 0 Å². The fourth-order valence-electron chi connectivity index (χ4n) is 1.70. The monoisotopic (exact) mass is 238 g/mol. The number of aryl methyl sites for hydroxylation is 1. The Hall–Kier alpha value is -1.66. The van der Waals surface area contributed by atoms with E-state index in [0.29, 0.717) is 12.0 Å². The van der Waals surface area contributed by atoms with Gasteiger partial charge in [-0.15, -0.1) is 0 Å². The van der Waals surface area contributed by atoms with Crippen molar-refractivity contribution in [2.45, 2.75) is 25.7 Å². The average molecular weight is 238 g/mol. The van der Waals surface area contributed by atoms with Gasteiger partial charge >= 0.3 is 5.69 Å². The SMILES string of the molecule is Cc1cn([C@H]2C=CC[C@@H](CO)O2)c(=O)[nH]c1=O. The first-order valence-electron chi connectivity index (χ1n) is 5.37. The lowest BCUT2D eigenvalue weighted by Gasteiger charge is -2.25. The second-order valence-corrected chi connectivity index (χ2v) is 3.97. The van der Waals surface area contributed by atoms with Gasteiger partial charge in [-0.1, -0.05) is 6.08 Å². The standard InChI is InChI=1S/C11H14N2O4/c1-7-5-13(11(16)12-10(7)15)9-4-2-3-8(6-14)17-9/h2,4-5,8-9,14H,3,6H2,1H3,(H,12,15,16)/t8-,9+/m0/s1. The minimum absolute atomic E-state index is 0.0993. The highest BCUT2D eigenvalue weighted by atomic mass is 16.5. The molecule has 2 rings (SSSR count). The van der Waals surface area contributed by atoms with Crippen molar-refractivity contribution in [1.82, 2.24) is 9.55 Å². The first-order valence-corrected chi connectivity index (χ1v) is 5.37. The van der Waals surface area contributed by atoms with Crippen LogP contribution < -0.4 is 11.2 Å². The predicted molar refractivity (Wildman–Crippen MR) is 60.8 cm³/mol. The Labute approximate surface area is 97.2 Å². The predicted octanol–water partition coefficient (Wildman–Crippen LogP) is -0.319. The number of H-pyrrole nitrogens is 1. The molecule has 6 nitrogen and oxygen atoms in total. The van der Waals surface area contributed by atoms with Crippen LogP contribution in [0, 0.1) is 6.92 Å². The molecule has 1 aliphatic heterocycles. The number of rotatable bonds is 2. The number of aromatic nitrogens is 2. The lowest BCUT2D eigenvalue weighted by atomic mass is 10.2. The number of hydrogen-bond donors (Lipinski definition) is 2. The highest BCUT2D eigenvalue weighted by molar-refractivity contribution is 5.04. The maximum Gasteiger partial charge on any atom is 0.330 e. The van der Waals surface area contributed by atoms with Gasteiger partial charge < -0.3 is 9.84 Å². The molecule has 0 fully saturated rings. The Morgan fingerprint density at radius 2 is 2.35 bits per heavy atom. The second kappa shape index (κ2) is 4.68. The van der Waals surface area contributed by atoms with E-state index in [-0.39, 0.29) is 12.7 Å². The highest BCUT2D eigenvalue weighted by Crippen LogP contribution is 2.18. The molecule has 17 heavy (non-hydrogen) atoms. The normalized spacial score (nSPS) is 23.9. The lowest BCUT2D eigenvalue weighted by molar-refractivity contribution is -0.0582. The zero-order chi connectivity index (χ0) is 12.4. The molecule has 0 saturated heterocycles. The molecule has 2 N–H and O–H groups in total. The van der Waals surface area contributed by atoms with Gasteiger partial charge in [0.05, 0.1) is 12.7 Å². The largest absolute Gasteiger partial charge is 0.394 e.